The summed E-state index contributed by atoms with van der Waals surface area (Å²) in [5, 5.41) is 12.1. The number of hydrogen-bond donors (Lipinski definition) is 1. The summed E-state index contributed by atoms with van der Waals surface area (Å²) in [5.41, 5.74) is 3.22. The van der Waals surface area contributed by atoms with Crippen LogP contribution in [0.5, 0.6) is 0 Å². The number of aryl methyl sites for hydroxylation is 1. The van der Waals surface area contributed by atoms with E-state index in [4.69, 9.17) is 0 Å². The summed E-state index contributed by atoms with van der Waals surface area (Å²) in [5.74, 6) is 0.266. The Labute approximate surface area is 257 Å². The number of hydrogen-bond acceptors (Lipinski definition) is 7. The number of nitrogens with zero attached hydrogens (tertiary/aromatic N) is 5. The van der Waals surface area contributed by atoms with Crippen molar-refractivity contribution in [1.29, 1.82) is 0 Å². The van der Waals surface area contributed by atoms with Crippen LogP contribution in [0.15, 0.2) is 87.3 Å². The topological polar surface area (TPSA) is 118 Å². The molecule has 218 valence electrons. The highest BCUT2D eigenvalue weighted by Crippen LogP contribution is 2.29. The lowest BCUT2D eigenvalue weighted by molar-refractivity contribution is -0.116. The van der Waals surface area contributed by atoms with Crippen LogP contribution in [0.3, 0.4) is 0 Å². The zero-order chi connectivity index (χ0) is 29.9. The van der Waals surface area contributed by atoms with Gasteiger partial charge in [-0.1, -0.05) is 45.9 Å². The first-order chi connectivity index (χ1) is 20.1. The van der Waals surface area contributed by atoms with E-state index in [-0.39, 0.29) is 29.0 Å². The van der Waals surface area contributed by atoms with Crippen LogP contribution in [0.25, 0.3) is 5.69 Å². The van der Waals surface area contributed by atoms with Crippen molar-refractivity contribution in [1.82, 2.24) is 24.4 Å². The number of halogens is 1. The van der Waals surface area contributed by atoms with Crippen LogP contribution >= 0.6 is 27.7 Å². The number of carbonyl (C=O) groups excluding carboxylic acids is 2. The molecule has 0 atom stereocenters. The van der Waals surface area contributed by atoms with Crippen LogP contribution in [0.1, 0.15) is 28.2 Å². The maximum atomic E-state index is 13.3. The summed E-state index contributed by atoms with van der Waals surface area (Å²) in [4.78, 5) is 28.1. The van der Waals surface area contributed by atoms with Crippen LogP contribution in [0.4, 0.5) is 5.69 Å². The predicted molar refractivity (Wildman–Crippen MR) is 165 cm³/mol. The number of benzene rings is 3. The number of thioether (sulfide) groups is 1. The van der Waals surface area contributed by atoms with Gasteiger partial charge in [0.05, 0.1) is 17.2 Å². The van der Waals surface area contributed by atoms with Crippen molar-refractivity contribution in [3.8, 4) is 5.69 Å². The molecule has 13 heteroatoms. The zero-order valence-electron chi connectivity index (χ0n) is 23.0. The molecule has 1 aliphatic rings. The van der Waals surface area contributed by atoms with Gasteiger partial charge in [-0.2, -0.15) is 0 Å². The van der Waals surface area contributed by atoms with E-state index in [2.05, 4.69) is 37.5 Å². The van der Waals surface area contributed by atoms with Crippen LogP contribution < -0.4 is 10.2 Å². The number of fused-ring (bicyclic) bond motifs is 1. The summed E-state index contributed by atoms with van der Waals surface area (Å²) >= 11 is 4.75. The second-order valence-corrected chi connectivity index (χ2v) is 13.8. The fourth-order valence-electron chi connectivity index (χ4n) is 4.61. The Kier molecular flexibility index (Phi) is 9.11. The van der Waals surface area contributed by atoms with Gasteiger partial charge in [0.2, 0.25) is 15.9 Å². The molecular formula is C29H29BrN6O4S2. The lowest BCUT2D eigenvalue weighted by Crippen LogP contribution is -2.36. The Balaban J connectivity index is 1.32. The fraction of sp³-hybridized carbons (Fsp3) is 0.241. The molecule has 2 heterocycles. The molecule has 0 aliphatic carbocycles. The van der Waals surface area contributed by atoms with E-state index in [9.17, 15) is 18.0 Å². The van der Waals surface area contributed by atoms with Gasteiger partial charge in [-0.3, -0.25) is 14.2 Å². The van der Waals surface area contributed by atoms with E-state index in [0.717, 1.165) is 33.0 Å². The van der Waals surface area contributed by atoms with Crippen molar-refractivity contribution in [2.75, 3.05) is 31.3 Å². The van der Waals surface area contributed by atoms with Gasteiger partial charge in [0, 0.05) is 42.1 Å². The Bertz CT molecular complexity index is 1710. The quantitative estimate of drug-likeness (QED) is 0.265. The highest BCUT2D eigenvalue weighted by Gasteiger charge is 2.24. The van der Waals surface area contributed by atoms with Gasteiger partial charge in [-0.15, -0.1) is 10.2 Å². The Morgan fingerprint density at radius 3 is 2.43 bits per heavy atom. The molecule has 0 unspecified atom stereocenters. The van der Waals surface area contributed by atoms with E-state index in [1.807, 2.05) is 51.9 Å². The smallest absolute Gasteiger partial charge is 0.251 e. The van der Waals surface area contributed by atoms with Gasteiger partial charge in [-0.05, 0) is 73.0 Å². The Morgan fingerprint density at radius 1 is 1.00 bits per heavy atom. The zero-order valence-corrected chi connectivity index (χ0v) is 26.2. The minimum Gasteiger partial charge on any atom is -0.345 e. The van der Waals surface area contributed by atoms with Gasteiger partial charge < -0.3 is 10.2 Å². The summed E-state index contributed by atoms with van der Waals surface area (Å²) < 4.78 is 28.5. The third kappa shape index (κ3) is 6.43. The molecule has 42 heavy (non-hydrogen) atoms. The molecular weight excluding hydrogens is 640 g/mol. The first-order valence-electron chi connectivity index (χ1n) is 13.2. The first-order valence-corrected chi connectivity index (χ1v) is 16.4. The maximum absolute atomic E-state index is 13.3. The number of anilines is 1. The average molecular weight is 670 g/mol. The molecule has 0 saturated heterocycles. The molecule has 10 nitrogen and oxygen atoms in total. The monoisotopic (exact) mass is 668 g/mol. The molecule has 1 aromatic heterocycles. The number of rotatable bonds is 9. The molecule has 4 aromatic rings. The largest absolute Gasteiger partial charge is 0.345 e. The van der Waals surface area contributed by atoms with Crippen molar-refractivity contribution >= 4 is 55.2 Å². The second-order valence-electron chi connectivity index (χ2n) is 9.77. The number of amides is 2. The molecule has 0 spiro atoms. The van der Waals surface area contributed by atoms with E-state index in [0.29, 0.717) is 23.1 Å². The molecule has 1 aliphatic heterocycles. The Hall–Kier alpha value is -3.52. The number of para-hydroxylation sites is 1. The predicted octanol–water partition coefficient (Wildman–Crippen LogP) is 4.28. The summed E-state index contributed by atoms with van der Waals surface area (Å²) in [7, 11) is -0.695. The van der Waals surface area contributed by atoms with Crippen LogP contribution in [-0.2, 0) is 27.8 Å². The minimum absolute atomic E-state index is 0.00733. The van der Waals surface area contributed by atoms with E-state index in [1.165, 1.54) is 55.7 Å². The molecule has 5 rings (SSSR count). The molecule has 1 N–H and O–H groups in total. The van der Waals surface area contributed by atoms with Crippen molar-refractivity contribution in [3.05, 3.63) is 94.2 Å². The van der Waals surface area contributed by atoms with Crippen molar-refractivity contribution in [2.45, 2.75) is 29.4 Å². The van der Waals surface area contributed by atoms with Gasteiger partial charge in [0.25, 0.3) is 5.91 Å². The molecule has 0 bridgehead atoms. The lowest BCUT2D eigenvalue weighted by atomic mass is 10.0. The minimum atomic E-state index is -3.60. The van der Waals surface area contributed by atoms with Gasteiger partial charge in [-0.25, -0.2) is 12.7 Å². The third-order valence-corrected chi connectivity index (χ3v) is 10.1. The standard InChI is InChI=1S/C29H29BrN6O4S2/c1-34(2)42(39,40)24-15-9-21(10-16-24)28(38)31-18-26-32-33-29(36(26)23-13-11-22(30)12-14-23)41-19-27(37)35-17-5-7-20-6-3-4-8-25(20)35/h3-4,6,8-16H,5,7,17-19H2,1-2H3,(H,31,38). The molecule has 0 radical (unpaired) electrons. The van der Waals surface area contributed by atoms with Crippen LogP contribution in [0.2, 0.25) is 0 Å². The Morgan fingerprint density at radius 2 is 1.71 bits per heavy atom. The van der Waals surface area contributed by atoms with Crippen molar-refractivity contribution < 1.29 is 18.0 Å². The lowest BCUT2D eigenvalue weighted by Gasteiger charge is -2.29. The normalized spacial score (nSPS) is 13.2. The molecule has 0 fully saturated rings. The van der Waals surface area contributed by atoms with Gasteiger partial charge in [0.1, 0.15) is 0 Å². The van der Waals surface area contributed by atoms with E-state index in [1.54, 1.807) is 0 Å². The molecule has 2 amide bonds. The number of sulfonamides is 1. The van der Waals surface area contributed by atoms with Crippen LogP contribution in [-0.4, -0.2) is 65.7 Å². The first kappa shape index (κ1) is 30.0. The fourth-order valence-corrected chi connectivity index (χ4v) is 6.62. The number of carbonyl (C=O) groups is 2. The van der Waals surface area contributed by atoms with Gasteiger partial charge in [0.15, 0.2) is 11.0 Å². The molecule has 0 saturated carbocycles. The van der Waals surface area contributed by atoms with Crippen molar-refractivity contribution in [3.63, 3.8) is 0 Å². The van der Waals surface area contributed by atoms with Crippen LogP contribution in [0, 0.1) is 0 Å². The number of nitrogens with one attached hydrogen (secondary N) is 1. The average Bonchev–Trinajstić information content (AvgIpc) is 3.41. The highest BCUT2D eigenvalue weighted by molar-refractivity contribution is 9.10. The van der Waals surface area contributed by atoms with Crippen molar-refractivity contribution in [2.24, 2.45) is 0 Å². The van der Waals surface area contributed by atoms with E-state index >= 15 is 0 Å². The third-order valence-electron chi connectivity index (χ3n) is 6.82. The second kappa shape index (κ2) is 12.8. The number of aromatic nitrogens is 3. The molecule has 3 aromatic carbocycles. The van der Waals surface area contributed by atoms with E-state index < -0.39 is 10.0 Å². The van der Waals surface area contributed by atoms with Gasteiger partial charge >= 0.3 is 0 Å². The summed E-state index contributed by atoms with van der Waals surface area (Å²) in [6, 6.07) is 21.3. The maximum Gasteiger partial charge on any atom is 0.251 e. The highest BCUT2D eigenvalue weighted by atomic mass is 79.9. The summed E-state index contributed by atoms with van der Waals surface area (Å²) in [6.45, 7) is 0.739. The summed E-state index contributed by atoms with van der Waals surface area (Å²) in [6.07, 6.45) is 1.87. The SMILES string of the molecule is CN(C)S(=O)(=O)c1ccc(C(=O)NCc2nnc(SCC(=O)N3CCCc4ccccc43)n2-c2ccc(Br)cc2)cc1.